The molecule has 4 aromatic carbocycles. The summed E-state index contributed by atoms with van der Waals surface area (Å²) in [6.07, 6.45) is 1.61. The number of para-hydroxylation sites is 2. The number of hydrogen-bond acceptors (Lipinski definition) is 5. The third-order valence-corrected chi connectivity index (χ3v) is 8.15. The lowest BCUT2D eigenvalue weighted by atomic mass is 10.0. The van der Waals surface area contributed by atoms with E-state index in [0.717, 1.165) is 49.3 Å². The molecule has 0 atom stereocenters. The average molecular weight is 626 g/mol. The standard InChI is InChI=1S/C37H40ClN3O4/c1-29-11-8-14-31-26-40(35(42)27-44-34-19-17-32(38)18-20-34)23-9-21-39(25-30-12-4-2-5-13-30)22-10-24-41(37(29)31)36(43)28-45-33-15-6-3-7-16-33/h2-8,11-20H,9-10,21-28H2,1H3. The van der Waals surface area contributed by atoms with Gasteiger partial charge in [0.2, 0.25) is 0 Å². The van der Waals surface area contributed by atoms with Crippen LogP contribution in [0.4, 0.5) is 5.69 Å². The maximum atomic E-state index is 13.9. The first kappa shape index (κ1) is 32.1. The first-order valence-electron chi connectivity index (χ1n) is 15.5. The predicted molar refractivity (Wildman–Crippen MR) is 179 cm³/mol. The Morgan fingerprint density at radius 2 is 1.31 bits per heavy atom. The van der Waals surface area contributed by atoms with Crippen LogP contribution in [-0.2, 0) is 22.7 Å². The number of anilines is 1. The molecular formula is C37H40ClN3O4. The molecule has 7 nitrogen and oxygen atoms in total. The zero-order valence-electron chi connectivity index (χ0n) is 25.7. The predicted octanol–water partition coefficient (Wildman–Crippen LogP) is 6.76. The van der Waals surface area contributed by atoms with Gasteiger partial charge in [0.1, 0.15) is 11.5 Å². The molecule has 5 rings (SSSR count). The summed E-state index contributed by atoms with van der Waals surface area (Å²) in [4.78, 5) is 33.6. The van der Waals surface area contributed by atoms with Crippen LogP contribution in [0.15, 0.2) is 103 Å². The van der Waals surface area contributed by atoms with Gasteiger partial charge >= 0.3 is 0 Å². The first-order chi connectivity index (χ1) is 22.0. The Kier molecular flexibility index (Phi) is 11.5. The monoisotopic (exact) mass is 625 g/mol. The van der Waals surface area contributed by atoms with Crippen LogP contribution in [0.5, 0.6) is 11.5 Å². The van der Waals surface area contributed by atoms with E-state index >= 15 is 0 Å². The van der Waals surface area contributed by atoms with Gasteiger partial charge in [-0.3, -0.25) is 14.5 Å². The highest BCUT2D eigenvalue weighted by Crippen LogP contribution is 2.28. The molecule has 0 spiro atoms. The Hall–Kier alpha value is -4.33. The minimum atomic E-state index is -0.120. The van der Waals surface area contributed by atoms with Gasteiger partial charge in [0.25, 0.3) is 11.8 Å². The van der Waals surface area contributed by atoms with E-state index in [0.29, 0.717) is 36.2 Å². The highest BCUT2D eigenvalue weighted by molar-refractivity contribution is 6.30. The molecule has 0 aliphatic carbocycles. The molecule has 0 saturated heterocycles. The number of aryl methyl sites for hydroxylation is 1. The Bertz CT molecular complexity index is 1530. The fourth-order valence-corrected chi connectivity index (χ4v) is 5.77. The van der Waals surface area contributed by atoms with Gasteiger partial charge in [-0.25, -0.2) is 0 Å². The van der Waals surface area contributed by atoms with Gasteiger partial charge in [-0.1, -0.05) is 78.3 Å². The van der Waals surface area contributed by atoms with E-state index in [2.05, 4.69) is 29.2 Å². The van der Waals surface area contributed by atoms with Gasteiger partial charge in [0, 0.05) is 44.3 Å². The summed E-state index contributed by atoms with van der Waals surface area (Å²) in [5, 5.41) is 0.608. The van der Waals surface area contributed by atoms with Gasteiger partial charge in [0.15, 0.2) is 13.2 Å². The lowest BCUT2D eigenvalue weighted by Gasteiger charge is -2.32. The number of halogens is 1. The lowest BCUT2D eigenvalue weighted by molar-refractivity contribution is -0.134. The number of carbonyl (C=O) groups excluding carboxylic acids is 2. The second kappa shape index (κ2) is 16.1. The molecule has 0 radical (unpaired) electrons. The molecule has 0 N–H and O–H groups in total. The average Bonchev–Trinajstić information content (AvgIpc) is 3.05. The maximum absolute atomic E-state index is 13.9. The third-order valence-electron chi connectivity index (χ3n) is 7.90. The number of nitrogens with zero attached hydrogens (tertiary/aromatic N) is 3. The fraction of sp³-hybridized carbons (Fsp3) is 0.297. The van der Waals surface area contributed by atoms with Crippen molar-refractivity contribution >= 4 is 29.1 Å². The minimum absolute atomic E-state index is 0.0803. The molecule has 8 heteroatoms. The molecule has 0 bridgehead atoms. The largest absolute Gasteiger partial charge is 0.484 e. The molecule has 0 fully saturated rings. The van der Waals surface area contributed by atoms with Crippen LogP contribution >= 0.6 is 11.6 Å². The van der Waals surface area contributed by atoms with Crippen LogP contribution in [-0.4, -0.2) is 61.0 Å². The zero-order chi connectivity index (χ0) is 31.4. The number of fused-ring (bicyclic) bond motifs is 1. The van der Waals surface area contributed by atoms with Crippen LogP contribution in [0.3, 0.4) is 0 Å². The van der Waals surface area contributed by atoms with Crippen molar-refractivity contribution in [2.24, 2.45) is 0 Å². The molecule has 1 aliphatic heterocycles. The van der Waals surface area contributed by atoms with Crippen LogP contribution in [0.25, 0.3) is 0 Å². The second-order valence-corrected chi connectivity index (χ2v) is 11.7. The number of carbonyl (C=O) groups is 2. The summed E-state index contributed by atoms with van der Waals surface area (Å²) in [6, 6.07) is 32.8. The van der Waals surface area contributed by atoms with Crippen molar-refractivity contribution in [3.63, 3.8) is 0 Å². The Labute approximate surface area is 270 Å². The molecule has 45 heavy (non-hydrogen) atoms. The van der Waals surface area contributed by atoms with Crippen LogP contribution in [0, 0.1) is 6.92 Å². The van der Waals surface area contributed by atoms with Crippen molar-refractivity contribution in [1.29, 1.82) is 0 Å². The Morgan fingerprint density at radius 3 is 2.02 bits per heavy atom. The normalized spacial score (nSPS) is 14.5. The summed E-state index contributed by atoms with van der Waals surface area (Å²) in [5.74, 6) is 0.999. The summed E-state index contributed by atoms with van der Waals surface area (Å²) in [7, 11) is 0. The van der Waals surface area contributed by atoms with Crippen molar-refractivity contribution in [2.75, 3.05) is 44.3 Å². The fourth-order valence-electron chi connectivity index (χ4n) is 5.65. The molecule has 2 amide bonds. The maximum Gasteiger partial charge on any atom is 0.264 e. The SMILES string of the molecule is Cc1cccc2c1N(C(=O)COc1ccccc1)CCCN(Cc1ccccc1)CCCN(C(=O)COc1ccc(Cl)cc1)C2. The van der Waals surface area contributed by atoms with E-state index < -0.39 is 0 Å². The number of amides is 2. The van der Waals surface area contributed by atoms with Crippen LogP contribution in [0.1, 0.15) is 29.5 Å². The number of rotatable bonds is 8. The molecular weight excluding hydrogens is 586 g/mol. The highest BCUT2D eigenvalue weighted by Gasteiger charge is 2.25. The lowest BCUT2D eigenvalue weighted by Crippen LogP contribution is -2.41. The van der Waals surface area contributed by atoms with Gasteiger partial charge in [-0.2, -0.15) is 0 Å². The molecule has 234 valence electrons. The van der Waals surface area contributed by atoms with Gasteiger partial charge in [-0.15, -0.1) is 0 Å². The van der Waals surface area contributed by atoms with Gasteiger partial charge < -0.3 is 19.3 Å². The van der Waals surface area contributed by atoms with E-state index in [-0.39, 0.29) is 25.0 Å². The molecule has 0 aromatic heterocycles. The number of benzene rings is 4. The molecule has 0 saturated carbocycles. The van der Waals surface area contributed by atoms with Crippen LogP contribution in [0.2, 0.25) is 5.02 Å². The summed E-state index contributed by atoms with van der Waals surface area (Å²) in [6.45, 7) is 5.74. The molecule has 1 heterocycles. The smallest absolute Gasteiger partial charge is 0.264 e. The van der Waals surface area contributed by atoms with E-state index in [1.807, 2.05) is 71.3 Å². The Morgan fingerprint density at radius 1 is 0.689 bits per heavy atom. The van der Waals surface area contributed by atoms with Gasteiger partial charge in [-0.05, 0) is 72.9 Å². The molecule has 4 aromatic rings. The van der Waals surface area contributed by atoms with Crippen molar-refractivity contribution in [3.05, 3.63) is 125 Å². The van der Waals surface area contributed by atoms with E-state index in [9.17, 15) is 9.59 Å². The molecule has 0 unspecified atom stereocenters. The van der Waals surface area contributed by atoms with Crippen molar-refractivity contribution in [2.45, 2.75) is 32.9 Å². The summed E-state index contributed by atoms with van der Waals surface area (Å²) < 4.78 is 11.8. The van der Waals surface area contributed by atoms with E-state index in [1.54, 1.807) is 24.3 Å². The molecule has 1 aliphatic rings. The highest BCUT2D eigenvalue weighted by atomic mass is 35.5. The second-order valence-electron chi connectivity index (χ2n) is 11.3. The number of ether oxygens (including phenoxy) is 2. The summed E-state index contributed by atoms with van der Waals surface area (Å²) >= 11 is 6.02. The Balaban J connectivity index is 1.40. The van der Waals surface area contributed by atoms with E-state index in [4.69, 9.17) is 21.1 Å². The number of hydrogen-bond donors (Lipinski definition) is 0. The first-order valence-corrected chi connectivity index (χ1v) is 15.8. The quantitative estimate of drug-likeness (QED) is 0.216. The van der Waals surface area contributed by atoms with Crippen molar-refractivity contribution in [3.8, 4) is 11.5 Å². The third kappa shape index (κ3) is 9.33. The van der Waals surface area contributed by atoms with E-state index in [1.165, 1.54) is 5.56 Å². The van der Waals surface area contributed by atoms with Gasteiger partial charge in [0.05, 0.1) is 5.69 Å². The topological polar surface area (TPSA) is 62.3 Å². The summed E-state index contributed by atoms with van der Waals surface area (Å²) in [5.41, 5.74) is 3.97. The van der Waals surface area contributed by atoms with Crippen molar-refractivity contribution < 1.29 is 19.1 Å². The zero-order valence-corrected chi connectivity index (χ0v) is 26.5. The van der Waals surface area contributed by atoms with Crippen LogP contribution < -0.4 is 14.4 Å². The minimum Gasteiger partial charge on any atom is -0.484 e. The van der Waals surface area contributed by atoms with Crippen molar-refractivity contribution in [1.82, 2.24) is 9.80 Å².